The van der Waals surface area contributed by atoms with Gasteiger partial charge in [-0.3, -0.25) is 0 Å². The quantitative estimate of drug-likeness (QED) is 0.906. The van der Waals surface area contributed by atoms with Gasteiger partial charge in [0.1, 0.15) is 11.6 Å². The van der Waals surface area contributed by atoms with E-state index in [1.165, 1.54) is 25.0 Å². The Hall–Kier alpha value is -1.91. The minimum atomic E-state index is -0.610. The fraction of sp³-hybridized carbons (Fsp3) is 0.357. The van der Waals surface area contributed by atoms with Crippen molar-refractivity contribution in [3.05, 3.63) is 42.2 Å². The highest BCUT2D eigenvalue weighted by molar-refractivity contribution is 5.54. The van der Waals surface area contributed by atoms with Gasteiger partial charge in [0.15, 0.2) is 0 Å². The number of anilines is 2. The Balaban J connectivity index is 1.85. The minimum Gasteiger partial charge on any atom is -0.323 e. The summed E-state index contributed by atoms with van der Waals surface area (Å²) in [5.74, 6) is -0.583. The SMILES string of the molecule is Fc1ccc(Nc2nccn2C2CCCC2)c(F)c1. The average Bonchev–Trinajstić information content (AvgIpc) is 3.03. The summed E-state index contributed by atoms with van der Waals surface area (Å²) >= 11 is 0. The van der Waals surface area contributed by atoms with Gasteiger partial charge in [0.05, 0.1) is 5.69 Å². The van der Waals surface area contributed by atoms with Crippen LogP contribution in [0.4, 0.5) is 20.4 Å². The van der Waals surface area contributed by atoms with E-state index in [2.05, 4.69) is 10.3 Å². The van der Waals surface area contributed by atoms with E-state index < -0.39 is 11.6 Å². The van der Waals surface area contributed by atoms with E-state index in [4.69, 9.17) is 0 Å². The second-order valence-electron chi connectivity index (χ2n) is 4.85. The molecule has 0 atom stereocenters. The van der Waals surface area contributed by atoms with Crippen molar-refractivity contribution in [3.8, 4) is 0 Å². The van der Waals surface area contributed by atoms with Crippen LogP contribution in [0.3, 0.4) is 0 Å². The predicted octanol–water partition coefficient (Wildman–Crippen LogP) is 4.02. The second kappa shape index (κ2) is 4.99. The van der Waals surface area contributed by atoms with Crippen molar-refractivity contribution in [3.63, 3.8) is 0 Å². The van der Waals surface area contributed by atoms with E-state index in [-0.39, 0.29) is 5.69 Å². The Morgan fingerprint density at radius 2 is 2.00 bits per heavy atom. The number of nitrogens with one attached hydrogen (secondary N) is 1. The zero-order chi connectivity index (χ0) is 13.2. The lowest BCUT2D eigenvalue weighted by Crippen LogP contribution is -2.08. The number of halogens is 2. The van der Waals surface area contributed by atoms with Gasteiger partial charge in [-0.2, -0.15) is 0 Å². The molecular formula is C14H15F2N3. The van der Waals surface area contributed by atoms with Gasteiger partial charge < -0.3 is 9.88 Å². The summed E-state index contributed by atoms with van der Waals surface area (Å²) in [6.07, 6.45) is 8.27. The molecule has 1 N–H and O–H groups in total. The van der Waals surface area contributed by atoms with Gasteiger partial charge >= 0.3 is 0 Å². The zero-order valence-electron chi connectivity index (χ0n) is 10.4. The van der Waals surface area contributed by atoms with E-state index in [9.17, 15) is 8.78 Å². The van der Waals surface area contributed by atoms with Crippen LogP contribution in [0.25, 0.3) is 0 Å². The molecule has 1 aromatic carbocycles. The van der Waals surface area contributed by atoms with Gasteiger partial charge in [-0.1, -0.05) is 12.8 Å². The van der Waals surface area contributed by atoms with Crippen molar-refractivity contribution in [2.24, 2.45) is 0 Å². The number of aromatic nitrogens is 2. The average molecular weight is 263 g/mol. The smallest absolute Gasteiger partial charge is 0.207 e. The van der Waals surface area contributed by atoms with Crippen molar-refractivity contribution in [1.29, 1.82) is 0 Å². The van der Waals surface area contributed by atoms with Crippen LogP contribution in [0, 0.1) is 11.6 Å². The Bertz CT molecular complexity index is 574. The molecule has 0 aliphatic heterocycles. The highest BCUT2D eigenvalue weighted by atomic mass is 19.1. The third kappa shape index (κ3) is 2.45. The molecule has 1 aromatic heterocycles. The molecule has 2 aromatic rings. The number of imidazole rings is 1. The van der Waals surface area contributed by atoms with E-state index in [0.29, 0.717) is 12.0 Å². The third-order valence-corrected chi connectivity index (χ3v) is 3.56. The number of nitrogens with zero attached hydrogens (tertiary/aromatic N) is 2. The molecule has 19 heavy (non-hydrogen) atoms. The molecule has 0 spiro atoms. The Morgan fingerprint density at radius 3 is 2.74 bits per heavy atom. The fourth-order valence-electron chi connectivity index (χ4n) is 2.60. The zero-order valence-corrected chi connectivity index (χ0v) is 10.4. The predicted molar refractivity (Wildman–Crippen MR) is 69.4 cm³/mol. The molecular weight excluding hydrogens is 248 g/mol. The summed E-state index contributed by atoms with van der Waals surface area (Å²) in [4.78, 5) is 4.21. The van der Waals surface area contributed by atoms with Crippen LogP contribution in [0.5, 0.6) is 0 Å². The molecule has 1 aliphatic carbocycles. The maximum Gasteiger partial charge on any atom is 0.207 e. The van der Waals surface area contributed by atoms with Crippen LogP contribution in [-0.2, 0) is 0 Å². The van der Waals surface area contributed by atoms with Crippen LogP contribution >= 0.6 is 0 Å². The molecule has 3 nitrogen and oxygen atoms in total. The molecule has 5 heteroatoms. The number of hydrogen-bond acceptors (Lipinski definition) is 2. The summed E-state index contributed by atoms with van der Waals surface area (Å²) in [5, 5.41) is 2.94. The highest BCUT2D eigenvalue weighted by Crippen LogP contribution is 2.32. The van der Waals surface area contributed by atoms with Gasteiger partial charge in [0.2, 0.25) is 5.95 Å². The second-order valence-corrected chi connectivity index (χ2v) is 4.85. The van der Waals surface area contributed by atoms with Gasteiger partial charge in [0.25, 0.3) is 0 Å². The van der Waals surface area contributed by atoms with Crippen LogP contribution in [0.15, 0.2) is 30.6 Å². The lowest BCUT2D eigenvalue weighted by atomic mass is 10.2. The molecule has 3 rings (SSSR count). The van der Waals surface area contributed by atoms with Crippen molar-refractivity contribution in [1.82, 2.24) is 9.55 Å². The van der Waals surface area contributed by atoms with Crippen LogP contribution in [0.2, 0.25) is 0 Å². The lowest BCUT2D eigenvalue weighted by molar-refractivity contribution is 0.524. The first-order valence-corrected chi connectivity index (χ1v) is 6.49. The van der Waals surface area contributed by atoms with Crippen molar-refractivity contribution >= 4 is 11.6 Å². The van der Waals surface area contributed by atoms with Crippen LogP contribution < -0.4 is 5.32 Å². The van der Waals surface area contributed by atoms with Gasteiger partial charge in [-0.05, 0) is 25.0 Å². The van der Waals surface area contributed by atoms with E-state index >= 15 is 0 Å². The topological polar surface area (TPSA) is 29.9 Å². The van der Waals surface area contributed by atoms with Crippen molar-refractivity contribution in [2.75, 3.05) is 5.32 Å². The highest BCUT2D eigenvalue weighted by Gasteiger charge is 2.19. The molecule has 0 radical (unpaired) electrons. The summed E-state index contributed by atoms with van der Waals surface area (Å²) in [6.45, 7) is 0. The van der Waals surface area contributed by atoms with E-state index in [1.807, 2.05) is 10.8 Å². The Kier molecular flexibility index (Phi) is 3.19. The standard InChI is InChI=1S/C14H15F2N3/c15-10-5-6-13(12(16)9-10)18-14-17-7-8-19(14)11-3-1-2-4-11/h5-9,11H,1-4H2,(H,17,18). The monoisotopic (exact) mass is 263 g/mol. The summed E-state index contributed by atoms with van der Waals surface area (Å²) in [5.41, 5.74) is 0.242. The van der Waals surface area contributed by atoms with Gasteiger partial charge in [0, 0.05) is 24.5 Å². The number of benzene rings is 1. The summed E-state index contributed by atoms with van der Waals surface area (Å²) in [6, 6.07) is 3.91. The summed E-state index contributed by atoms with van der Waals surface area (Å²) in [7, 11) is 0. The van der Waals surface area contributed by atoms with Crippen LogP contribution in [-0.4, -0.2) is 9.55 Å². The molecule has 100 valence electrons. The maximum atomic E-state index is 13.6. The Labute approximate surface area is 110 Å². The first kappa shape index (κ1) is 12.1. The molecule has 0 bridgehead atoms. The third-order valence-electron chi connectivity index (χ3n) is 3.56. The molecule has 1 saturated carbocycles. The first-order valence-electron chi connectivity index (χ1n) is 6.49. The molecule has 1 fully saturated rings. The molecule has 1 heterocycles. The molecule has 0 saturated heterocycles. The first-order chi connectivity index (χ1) is 9.24. The normalized spacial score (nSPS) is 15.9. The van der Waals surface area contributed by atoms with Crippen molar-refractivity contribution < 1.29 is 8.78 Å². The molecule has 1 aliphatic rings. The number of rotatable bonds is 3. The van der Waals surface area contributed by atoms with Gasteiger partial charge in [-0.25, -0.2) is 13.8 Å². The molecule has 0 amide bonds. The van der Waals surface area contributed by atoms with Crippen molar-refractivity contribution in [2.45, 2.75) is 31.7 Å². The maximum absolute atomic E-state index is 13.6. The van der Waals surface area contributed by atoms with E-state index in [0.717, 1.165) is 18.9 Å². The fourth-order valence-corrected chi connectivity index (χ4v) is 2.60. The van der Waals surface area contributed by atoms with E-state index in [1.54, 1.807) is 6.20 Å². The largest absolute Gasteiger partial charge is 0.323 e. The number of hydrogen-bond donors (Lipinski definition) is 1. The van der Waals surface area contributed by atoms with Crippen LogP contribution in [0.1, 0.15) is 31.7 Å². The Morgan fingerprint density at radius 1 is 1.21 bits per heavy atom. The minimum absolute atomic E-state index is 0.242. The summed E-state index contributed by atoms with van der Waals surface area (Å²) < 4.78 is 28.5. The molecule has 0 unspecified atom stereocenters. The van der Waals surface area contributed by atoms with Gasteiger partial charge in [-0.15, -0.1) is 0 Å². The lowest BCUT2D eigenvalue weighted by Gasteiger charge is -2.15.